The summed E-state index contributed by atoms with van der Waals surface area (Å²) in [7, 11) is 3.47. The van der Waals surface area contributed by atoms with Crippen molar-refractivity contribution in [2.75, 3.05) is 19.4 Å². The van der Waals surface area contributed by atoms with Crippen LogP contribution in [0.15, 0.2) is 61.3 Å². The summed E-state index contributed by atoms with van der Waals surface area (Å²) in [5.41, 5.74) is 3.80. The maximum absolute atomic E-state index is 12.3. The molecule has 0 aliphatic rings. The average Bonchev–Trinajstić information content (AvgIpc) is 3.12. The number of amides is 1. The second kappa shape index (κ2) is 6.52. The van der Waals surface area contributed by atoms with Gasteiger partial charge in [0.15, 0.2) is 0 Å². The second-order valence-corrected chi connectivity index (χ2v) is 6.89. The zero-order valence-electron chi connectivity index (χ0n) is 15.9. The van der Waals surface area contributed by atoms with Crippen LogP contribution in [-0.2, 0) is 0 Å². The van der Waals surface area contributed by atoms with E-state index in [2.05, 4.69) is 20.4 Å². The third kappa shape index (κ3) is 2.82. The molecule has 0 spiro atoms. The fourth-order valence-electron chi connectivity index (χ4n) is 3.37. The van der Waals surface area contributed by atoms with E-state index < -0.39 is 0 Å². The van der Waals surface area contributed by atoms with E-state index in [1.54, 1.807) is 54.5 Å². The lowest BCUT2D eigenvalue weighted by molar-refractivity contribution is 0.0827. The molecule has 0 aliphatic heterocycles. The minimum Gasteiger partial charge on any atom is -0.345 e. The molecule has 8 nitrogen and oxygen atoms in total. The molecule has 1 aromatic carbocycles. The number of hydrogen-bond acceptors (Lipinski definition) is 6. The van der Waals surface area contributed by atoms with Gasteiger partial charge in [0.25, 0.3) is 5.91 Å². The van der Waals surface area contributed by atoms with Gasteiger partial charge in [-0.2, -0.15) is 5.10 Å². The van der Waals surface area contributed by atoms with Crippen molar-refractivity contribution in [2.45, 2.75) is 0 Å². The van der Waals surface area contributed by atoms with E-state index in [0.717, 1.165) is 33.0 Å². The lowest BCUT2D eigenvalue weighted by Gasteiger charge is -2.13. The predicted octanol–water partition coefficient (Wildman–Crippen LogP) is 3.27. The quantitative estimate of drug-likeness (QED) is 0.514. The molecular formula is C21H17N7O. The summed E-state index contributed by atoms with van der Waals surface area (Å²) < 4.78 is 1.72. The van der Waals surface area contributed by atoms with Crippen molar-refractivity contribution in [2.24, 2.45) is 0 Å². The van der Waals surface area contributed by atoms with Gasteiger partial charge in [-0.15, -0.1) is 0 Å². The summed E-state index contributed by atoms with van der Waals surface area (Å²) in [5, 5.41) is 9.78. The molecule has 1 N–H and O–H groups in total. The number of nitrogens with zero attached hydrogens (tertiary/aromatic N) is 6. The number of fused-ring (bicyclic) bond motifs is 5. The van der Waals surface area contributed by atoms with E-state index in [1.165, 1.54) is 0 Å². The van der Waals surface area contributed by atoms with Crippen molar-refractivity contribution in [1.29, 1.82) is 0 Å². The second-order valence-electron chi connectivity index (χ2n) is 6.89. The Kier molecular flexibility index (Phi) is 3.83. The van der Waals surface area contributed by atoms with Crippen molar-refractivity contribution >= 4 is 44.7 Å². The van der Waals surface area contributed by atoms with Gasteiger partial charge < -0.3 is 10.2 Å². The van der Waals surface area contributed by atoms with Crippen LogP contribution >= 0.6 is 0 Å². The minimum atomic E-state index is -0.0567. The minimum absolute atomic E-state index is 0.0567. The van der Waals surface area contributed by atoms with Gasteiger partial charge in [0, 0.05) is 54.7 Å². The standard InChI is InChI=1S/C21H17N7O/c1-27(2)21(29)13-4-3-5-14(10-13)24-20-16-11-22-8-6-15(16)18-19(25-20)17-7-9-23-12-28(17)26-18/h3-12H,1-2H3,(H,24,25). The van der Waals surface area contributed by atoms with Crippen LogP contribution in [0.2, 0.25) is 0 Å². The number of benzene rings is 1. The maximum atomic E-state index is 12.3. The number of hydrogen-bond donors (Lipinski definition) is 1. The van der Waals surface area contributed by atoms with E-state index >= 15 is 0 Å². The number of aromatic nitrogens is 5. The van der Waals surface area contributed by atoms with Gasteiger partial charge in [0.1, 0.15) is 23.2 Å². The molecule has 0 saturated carbocycles. The fraction of sp³-hybridized carbons (Fsp3) is 0.0952. The Labute approximate surface area is 165 Å². The Bertz CT molecular complexity index is 1390. The van der Waals surface area contributed by atoms with Gasteiger partial charge in [0.2, 0.25) is 0 Å². The molecule has 0 aliphatic carbocycles. The van der Waals surface area contributed by atoms with Gasteiger partial charge in [-0.25, -0.2) is 14.5 Å². The lowest BCUT2D eigenvalue weighted by Crippen LogP contribution is -2.21. The first-order valence-electron chi connectivity index (χ1n) is 9.06. The zero-order chi connectivity index (χ0) is 20.0. The van der Waals surface area contributed by atoms with E-state index in [1.807, 2.05) is 30.3 Å². The SMILES string of the molecule is CN(C)C(=O)c1cccc(Nc2nc3c(nn4cnccc34)c3ccncc23)c1. The molecule has 1 amide bonds. The van der Waals surface area contributed by atoms with Crippen LogP contribution in [0.4, 0.5) is 11.5 Å². The molecule has 0 saturated heterocycles. The maximum Gasteiger partial charge on any atom is 0.253 e. The Morgan fingerprint density at radius 3 is 2.76 bits per heavy atom. The smallest absolute Gasteiger partial charge is 0.253 e. The molecule has 5 rings (SSSR count). The van der Waals surface area contributed by atoms with Crippen molar-refractivity contribution in [1.82, 2.24) is 29.5 Å². The molecular weight excluding hydrogens is 366 g/mol. The van der Waals surface area contributed by atoms with E-state index in [-0.39, 0.29) is 5.91 Å². The molecule has 0 radical (unpaired) electrons. The van der Waals surface area contributed by atoms with Gasteiger partial charge in [-0.3, -0.25) is 9.78 Å². The normalized spacial score (nSPS) is 11.2. The highest BCUT2D eigenvalue weighted by molar-refractivity contribution is 6.12. The molecule has 0 atom stereocenters. The molecule has 8 heteroatoms. The third-order valence-corrected chi connectivity index (χ3v) is 4.75. The summed E-state index contributed by atoms with van der Waals surface area (Å²) in [6.45, 7) is 0. The number of nitrogens with one attached hydrogen (secondary N) is 1. The first kappa shape index (κ1) is 17.1. The van der Waals surface area contributed by atoms with Crippen LogP contribution < -0.4 is 5.32 Å². The van der Waals surface area contributed by atoms with Crippen LogP contribution in [0.25, 0.3) is 27.3 Å². The summed E-state index contributed by atoms with van der Waals surface area (Å²) in [6.07, 6.45) is 6.89. The van der Waals surface area contributed by atoms with Crippen LogP contribution in [-0.4, -0.2) is 49.5 Å². The van der Waals surface area contributed by atoms with E-state index in [4.69, 9.17) is 4.98 Å². The fourth-order valence-corrected chi connectivity index (χ4v) is 3.37. The highest BCUT2D eigenvalue weighted by Crippen LogP contribution is 2.31. The third-order valence-electron chi connectivity index (χ3n) is 4.75. The van der Waals surface area contributed by atoms with Crippen molar-refractivity contribution in [3.63, 3.8) is 0 Å². The number of carbonyl (C=O) groups excluding carboxylic acids is 1. The van der Waals surface area contributed by atoms with Gasteiger partial charge in [-0.1, -0.05) is 6.07 Å². The number of pyridine rings is 2. The van der Waals surface area contributed by atoms with Crippen molar-refractivity contribution in [3.8, 4) is 0 Å². The predicted molar refractivity (Wildman–Crippen MR) is 111 cm³/mol. The Balaban J connectivity index is 1.69. The molecule has 5 aromatic rings. The first-order valence-corrected chi connectivity index (χ1v) is 9.06. The van der Waals surface area contributed by atoms with E-state index in [0.29, 0.717) is 11.4 Å². The summed E-state index contributed by atoms with van der Waals surface area (Å²) in [4.78, 5) is 27.1. The molecule has 29 heavy (non-hydrogen) atoms. The number of rotatable bonds is 3. The Hall–Kier alpha value is -4.07. The Morgan fingerprint density at radius 2 is 1.90 bits per heavy atom. The highest BCUT2D eigenvalue weighted by atomic mass is 16.2. The highest BCUT2D eigenvalue weighted by Gasteiger charge is 2.15. The van der Waals surface area contributed by atoms with Gasteiger partial charge in [-0.05, 0) is 30.3 Å². The van der Waals surface area contributed by atoms with Crippen LogP contribution in [0.5, 0.6) is 0 Å². The first-order chi connectivity index (χ1) is 14.1. The molecule has 4 aromatic heterocycles. The van der Waals surface area contributed by atoms with Crippen molar-refractivity contribution in [3.05, 3.63) is 66.9 Å². The van der Waals surface area contributed by atoms with Gasteiger partial charge >= 0.3 is 0 Å². The zero-order valence-corrected chi connectivity index (χ0v) is 15.9. The van der Waals surface area contributed by atoms with Crippen molar-refractivity contribution < 1.29 is 4.79 Å². The molecule has 0 unspecified atom stereocenters. The van der Waals surface area contributed by atoms with Gasteiger partial charge in [0.05, 0.1) is 5.52 Å². The topological polar surface area (TPSA) is 88.3 Å². The molecule has 0 bridgehead atoms. The summed E-state index contributed by atoms with van der Waals surface area (Å²) in [5.74, 6) is 0.598. The average molecular weight is 383 g/mol. The van der Waals surface area contributed by atoms with E-state index in [9.17, 15) is 4.79 Å². The molecule has 142 valence electrons. The van der Waals surface area contributed by atoms with Crippen LogP contribution in [0.1, 0.15) is 10.4 Å². The molecule has 0 fully saturated rings. The number of carbonyl (C=O) groups is 1. The Morgan fingerprint density at radius 1 is 1.03 bits per heavy atom. The monoisotopic (exact) mass is 383 g/mol. The largest absolute Gasteiger partial charge is 0.345 e. The summed E-state index contributed by atoms with van der Waals surface area (Å²) in [6, 6.07) is 11.2. The summed E-state index contributed by atoms with van der Waals surface area (Å²) >= 11 is 0. The number of anilines is 2. The molecule has 4 heterocycles. The van der Waals surface area contributed by atoms with Crippen LogP contribution in [0.3, 0.4) is 0 Å². The van der Waals surface area contributed by atoms with Crippen LogP contribution in [0, 0.1) is 0 Å². The lowest BCUT2D eigenvalue weighted by atomic mass is 10.1.